The SMILES string of the molecule is FC1(F)CN(Cc2cccc(-c3cn[nH]n3)c2)C1. The van der Waals surface area contributed by atoms with E-state index in [1.807, 2.05) is 24.3 Å². The number of hydrogen-bond donors (Lipinski definition) is 1. The van der Waals surface area contributed by atoms with E-state index in [4.69, 9.17) is 0 Å². The van der Waals surface area contributed by atoms with Gasteiger partial charge in [0, 0.05) is 12.1 Å². The fourth-order valence-electron chi connectivity index (χ4n) is 2.15. The van der Waals surface area contributed by atoms with Crippen LogP contribution < -0.4 is 0 Å². The van der Waals surface area contributed by atoms with Crippen LogP contribution in [0, 0.1) is 0 Å². The molecule has 3 rings (SSSR count). The fourth-order valence-corrected chi connectivity index (χ4v) is 2.15. The number of aromatic amines is 1. The zero-order valence-electron chi connectivity index (χ0n) is 9.61. The molecular formula is C12H12F2N4. The first-order chi connectivity index (χ1) is 8.62. The van der Waals surface area contributed by atoms with Crippen LogP contribution in [-0.4, -0.2) is 39.3 Å². The maximum atomic E-state index is 12.7. The van der Waals surface area contributed by atoms with E-state index in [0.29, 0.717) is 6.54 Å². The van der Waals surface area contributed by atoms with Gasteiger partial charge in [0.1, 0.15) is 5.69 Å². The van der Waals surface area contributed by atoms with Gasteiger partial charge in [0.2, 0.25) is 0 Å². The summed E-state index contributed by atoms with van der Waals surface area (Å²) in [5.41, 5.74) is 2.70. The maximum Gasteiger partial charge on any atom is 0.272 e. The van der Waals surface area contributed by atoms with Crippen molar-refractivity contribution in [3.8, 4) is 11.3 Å². The lowest BCUT2D eigenvalue weighted by Gasteiger charge is -2.38. The van der Waals surface area contributed by atoms with Gasteiger partial charge in [-0.05, 0) is 11.6 Å². The third kappa shape index (κ3) is 2.24. The Balaban J connectivity index is 1.72. The summed E-state index contributed by atoms with van der Waals surface area (Å²) >= 11 is 0. The topological polar surface area (TPSA) is 44.8 Å². The van der Waals surface area contributed by atoms with Crippen molar-refractivity contribution in [3.05, 3.63) is 36.0 Å². The van der Waals surface area contributed by atoms with E-state index in [1.165, 1.54) is 0 Å². The lowest BCUT2D eigenvalue weighted by molar-refractivity contribution is -0.133. The van der Waals surface area contributed by atoms with Crippen LogP contribution in [0.1, 0.15) is 5.56 Å². The van der Waals surface area contributed by atoms with Gasteiger partial charge in [0.05, 0.1) is 19.3 Å². The predicted octanol–water partition coefficient (Wildman–Crippen LogP) is 1.92. The lowest BCUT2D eigenvalue weighted by Crippen LogP contribution is -2.55. The summed E-state index contributed by atoms with van der Waals surface area (Å²) in [5.74, 6) is -2.51. The molecule has 0 amide bonds. The quantitative estimate of drug-likeness (QED) is 0.905. The number of nitrogens with one attached hydrogen (secondary N) is 1. The number of H-pyrrole nitrogens is 1. The van der Waals surface area contributed by atoms with Gasteiger partial charge in [-0.1, -0.05) is 18.2 Å². The van der Waals surface area contributed by atoms with Gasteiger partial charge in [-0.25, -0.2) is 8.78 Å². The lowest BCUT2D eigenvalue weighted by atomic mass is 10.1. The van der Waals surface area contributed by atoms with Crippen LogP contribution in [0.25, 0.3) is 11.3 Å². The van der Waals surface area contributed by atoms with Crippen LogP contribution in [0.15, 0.2) is 30.5 Å². The second-order valence-corrected chi connectivity index (χ2v) is 4.56. The first-order valence-corrected chi connectivity index (χ1v) is 5.68. The molecule has 1 N–H and O–H groups in total. The summed E-state index contributed by atoms with van der Waals surface area (Å²) in [7, 11) is 0. The zero-order chi connectivity index (χ0) is 12.6. The van der Waals surface area contributed by atoms with Crippen molar-refractivity contribution in [2.75, 3.05) is 13.1 Å². The van der Waals surface area contributed by atoms with E-state index in [1.54, 1.807) is 11.1 Å². The molecule has 2 heterocycles. The molecular weight excluding hydrogens is 238 g/mol. The third-order valence-electron chi connectivity index (χ3n) is 2.95. The molecule has 6 heteroatoms. The number of rotatable bonds is 3. The second kappa shape index (κ2) is 4.13. The van der Waals surface area contributed by atoms with Crippen LogP contribution >= 0.6 is 0 Å². The van der Waals surface area contributed by atoms with Crippen molar-refractivity contribution in [2.24, 2.45) is 0 Å². The minimum atomic E-state index is -2.51. The molecule has 0 bridgehead atoms. The number of hydrogen-bond acceptors (Lipinski definition) is 3. The van der Waals surface area contributed by atoms with Crippen molar-refractivity contribution >= 4 is 0 Å². The van der Waals surface area contributed by atoms with Crippen molar-refractivity contribution in [1.29, 1.82) is 0 Å². The largest absolute Gasteiger partial charge is 0.287 e. The van der Waals surface area contributed by atoms with Crippen molar-refractivity contribution in [1.82, 2.24) is 20.3 Å². The van der Waals surface area contributed by atoms with Gasteiger partial charge in [-0.15, -0.1) is 0 Å². The van der Waals surface area contributed by atoms with E-state index in [0.717, 1.165) is 16.8 Å². The number of aromatic nitrogens is 3. The molecule has 0 aliphatic carbocycles. The molecule has 0 atom stereocenters. The van der Waals surface area contributed by atoms with Crippen molar-refractivity contribution in [3.63, 3.8) is 0 Å². The van der Waals surface area contributed by atoms with Crippen LogP contribution in [0.2, 0.25) is 0 Å². The van der Waals surface area contributed by atoms with E-state index in [9.17, 15) is 8.78 Å². The summed E-state index contributed by atoms with van der Waals surface area (Å²) in [4.78, 5) is 1.72. The van der Waals surface area contributed by atoms with E-state index in [2.05, 4.69) is 15.4 Å². The number of nitrogens with zero attached hydrogens (tertiary/aromatic N) is 3. The standard InChI is InChI=1S/C12H12F2N4/c13-12(14)7-18(8-12)6-9-2-1-3-10(4-9)11-5-15-17-16-11/h1-5H,6-8H2,(H,15,16,17). The van der Waals surface area contributed by atoms with Crippen LogP contribution in [-0.2, 0) is 6.54 Å². The van der Waals surface area contributed by atoms with Crippen LogP contribution in [0.5, 0.6) is 0 Å². The Labute approximate surface area is 103 Å². The molecule has 4 nitrogen and oxygen atoms in total. The first-order valence-electron chi connectivity index (χ1n) is 5.68. The Hall–Kier alpha value is -1.82. The van der Waals surface area contributed by atoms with Gasteiger partial charge < -0.3 is 0 Å². The molecule has 94 valence electrons. The smallest absolute Gasteiger partial charge is 0.272 e. The highest BCUT2D eigenvalue weighted by atomic mass is 19.3. The van der Waals surface area contributed by atoms with Gasteiger partial charge >= 0.3 is 0 Å². The molecule has 18 heavy (non-hydrogen) atoms. The summed E-state index contributed by atoms with van der Waals surface area (Å²) in [6, 6.07) is 7.71. The van der Waals surface area contributed by atoms with Crippen molar-refractivity contribution < 1.29 is 8.78 Å². The Bertz CT molecular complexity index is 531. The summed E-state index contributed by atoms with van der Waals surface area (Å²) in [5, 5.41) is 10.3. The van der Waals surface area contributed by atoms with Gasteiger partial charge in [-0.2, -0.15) is 15.4 Å². The molecule has 0 radical (unpaired) electrons. The molecule has 1 aromatic heterocycles. The minimum absolute atomic E-state index is 0.152. The summed E-state index contributed by atoms with van der Waals surface area (Å²) in [6.45, 7) is 0.240. The number of alkyl halides is 2. The molecule has 2 aromatic rings. The number of likely N-dealkylation sites (tertiary alicyclic amines) is 1. The molecule has 1 aromatic carbocycles. The van der Waals surface area contributed by atoms with E-state index in [-0.39, 0.29) is 13.1 Å². The number of halogens is 2. The van der Waals surface area contributed by atoms with Crippen molar-refractivity contribution in [2.45, 2.75) is 12.5 Å². The van der Waals surface area contributed by atoms with Gasteiger partial charge in [0.25, 0.3) is 5.92 Å². The second-order valence-electron chi connectivity index (χ2n) is 4.56. The number of benzene rings is 1. The molecule has 1 fully saturated rings. The first kappa shape index (κ1) is 11.3. The molecule has 0 spiro atoms. The average Bonchev–Trinajstić information content (AvgIpc) is 2.80. The monoisotopic (exact) mass is 250 g/mol. The molecule has 0 saturated carbocycles. The zero-order valence-corrected chi connectivity index (χ0v) is 9.61. The Morgan fingerprint density at radius 3 is 2.83 bits per heavy atom. The summed E-state index contributed by atoms with van der Waals surface area (Å²) < 4.78 is 25.5. The van der Waals surface area contributed by atoms with Crippen LogP contribution in [0.4, 0.5) is 8.78 Å². The predicted molar refractivity (Wildman–Crippen MR) is 62.0 cm³/mol. The highest BCUT2D eigenvalue weighted by Crippen LogP contribution is 2.28. The Morgan fingerprint density at radius 2 is 2.17 bits per heavy atom. The minimum Gasteiger partial charge on any atom is -0.287 e. The molecule has 1 saturated heterocycles. The fraction of sp³-hybridized carbons (Fsp3) is 0.333. The summed E-state index contributed by atoms with van der Waals surface area (Å²) in [6.07, 6.45) is 1.64. The normalized spacial score (nSPS) is 18.6. The molecule has 1 aliphatic heterocycles. The maximum absolute atomic E-state index is 12.7. The Morgan fingerprint density at radius 1 is 1.33 bits per heavy atom. The van der Waals surface area contributed by atoms with Gasteiger partial charge in [-0.3, -0.25) is 4.90 Å². The van der Waals surface area contributed by atoms with Gasteiger partial charge in [0.15, 0.2) is 0 Å². The molecule has 1 aliphatic rings. The average molecular weight is 250 g/mol. The third-order valence-corrected chi connectivity index (χ3v) is 2.95. The molecule has 0 unspecified atom stereocenters. The van der Waals surface area contributed by atoms with E-state index < -0.39 is 5.92 Å². The van der Waals surface area contributed by atoms with E-state index >= 15 is 0 Å². The highest BCUT2D eigenvalue weighted by Gasteiger charge is 2.43. The van der Waals surface area contributed by atoms with Crippen LogP contribution in [0.3, 0.4) is 0 Å². The highest BCUT2D eigenvalue weighted by molar-refractivity contribution is 5.58. The Kier molecular flexibility index (Phi) is 2.59.